The molecule has 2 aromatic rings. The second-order valence-electron chi connectivity index (χ2n) is 8.72. The average Bonchev–Trinajstić information content (AvgIpc) is 3.30. The molecule has 0 bridgehead atoms. The van der Waals surface area contributed by atoms with Gasteiger partial charge >= 0.3 is 6.03 Å². The molecule has 1 fully saturated rings. The molecule has 1 saturated heterocycles. The summed E-state index contributed by atoms with van der Waals surface area (Å²) in [5.41, 5.74) is 1.75. The van der Waals surface area contributed by atoms with E-state index < -0.39 is 22.3 Å². The molecule has 1 heterocycles. The number of nitrogens with one attached hydrogen (secondary N) is 1. The molecule has 3 rings (SSSR count). The zero-order valence-electron chi connectivity index (χ0n) is 21.6. The molecule has 2 unspecified atom stereocenters. The Balaban J connectivity index is 2.06. The van der Waals surface area contributed by atoms with E-state index in [1.54, 1.807) is 26.0 Å². The Morgan fingerprint density at radius 1 is 0.944 bits per heavy atom. The van der Waals surface area contributed by atoms with Crippen LogP contribution in [0.25, 0.3) is 0 Å². The molecule has 0 aliphatic carbocycles. The number of halogens is 1. The van der Waals surface area contributed by atoms with Gasteiger partial charge in [0.05, 0.1) is 6.04 Å². The predicted molar refractivity (Wildman–Crippen MR) is 145 cm³/mol. The van der Waals surface area contributed by atoms with Crippen LogP contribution in [0.2, 0.25) is 5.02 Å². The van der Waals surface area contributed by atoms with E-state index in [9.17, 15) is 13.2 Å². The van der Waals surface area contributed by atoms with E-state index in [1.165, 1.54) is 13.7 Å². The minimum absolute atomic E-state index is 0.231. The van der Waals surface area contributed by atoms with Crippen molar-refractivity contribution in [2.45, 2.75) is 39.7 Å². The van der Waals surface area contributed by atoms with E-state index in [0.717, 1.165) is 24.2 Å². The maximum absolute atomic E-state index is 14.0. The van der Waals surface area contributed by atoms with Gasteiger partial charge in [-0.25, -0.2) is 9.80 Å². The van der Waals surface area contributed by atoms with Crippen LogP contribution in [0.5, 0.6) is 0 Å². The van der Waals surface area contributed by atoms with Gasteiger partial charge in [-0.2, -0.15) is 12.7 Å². The molecular formula is C26H38ClN5O3S. The summed E-state index contributed by atoms with van der Waals surface area (Å²) in [5, 5.41) is 4.89. The fraction of sp³-hybridized carbons (Fsp3) is 0.500. The van der Waals surface area contributed by atoms with E-state index >= 15 is 0 Å². The standard InChI is InChI=1S/C26H38ClN5O3S/c1-5-29(6-2)19-18-28-26(33)31-20-24(21-12-10-9-11-13-21)25(22-14-16-23(27)17-15-22)32(31)36(34,35)30(7-3)8-4/h9-17,24-25H,5-8,18-20H2,1-4H3,(H,28,33). The van der Waals surface area contributed by atoms with Crippen molar-refractivity contribution in [1.82, 2.24) is 23.9 Å². The highest BCUT2D eigenvalue weighted by Gasteiger charge is 2.51. The first-order chi connectivity index (χ1) is 17.3. The third-order valence-corrected chi connectivity index (χ3v) is 9.09. The molecule has 1 aliphatic heterocycles. The first-order valence-corrected chi connectivity index (χ1v) is 14.4. The zero-order valence-corrected chi connectivity index (χ0v) is 23.2. The average molecular weight is 536 g/mol. The van der Waals surface area contributed by atoms with E-state index in [1.807, 2.05) is 42.5 Å². The summed E-state index contributed by atoms with van der Waals surface area (Å²) in [5.74, 6) is -0.258. The lowest BCUT2D eigenvalue weighted by Gasteiger charge is -2.35. The molecule has 1 aliphatic rings. The molecule has 0 aromatic heterocycles. The maximum atomic E-state index is 14.0. The van der Waals surface area contributed by atoms with Gasteiger partial charge in [0, 0.05) is 43.7 Å². The Bertz CT molecular complexity index is 1080. The van der Waals surface area contributed by atoms with Crippen LogP contribution in [-0.2, 0) is 10.2 Å². The summed E-state index contributed by atoms with van der Waals surface area (Å²) in [6.45, 7) is 11.5. The fourth-order valence-electron chi connectivity index (χ4n) is 4.74. The van der Waals surface area contributed by atoms with E-state index in [4.69, 9.17) is 11.6 Å². The Morgan fingerprint density at radius 3 is 2.11 bits per heavy atom. The van der Waals surface area contributed by atoms with Crippen molar-refractivity contribution in [3.05, 3.63) is 70.7 Å². The highest BCUT2D eigenvalue weighted by atomic mass is 35.5. The number of carbonyl (C=O) groups is 1. The molecule has 2 amide bonds. The van der Waals surface area contributed by atoms with Crippen LogP contribution < -0.4 is 5.32 Å². The number of hydrazine groups is 1. The van der Waals surface area contributed by atoms with Crippen LogP contribution in [0.3, 0.4) is 0 Å². The first kappa shape index (κ1) is 28.4. The summed E-state index contributed by atoms with van der Waals surface area (Å²) < 4.78 is 30.7. The van der Waals surface area contributed by atoms with Crippen molar-refractivity contribution in [3.63, 3.8) is 0 Å². The second kappa shape index (κ2) is 12.9. The Labute approximate surface area is 221 Å². The second-order valence-corrected chi connectivity index (χ2v) is 10.9. The normalized spacial score (nSPS) is 18.8. The molecular weight excluding hydrogens is 498 g/mol. The molecule has 198 valence electrons. The van der Waals surface area contributed by atoms with Crippen molar-refractivity contribution in [2.24, 2.45) is 0 Å². The largest absolute Gasteiger partial charge is 0.336 e. The van der Waals surface area contributed by atoms with E-state index in [2.05, 4.69) is 24.1 Å². The predicted octanol–water partition coefficient (Wildman–Crippen LogP) is 4.34. The quantitative estimate of drug-likeness (QED) is 0.464. The monoisotopic (exact) mass is 535 g/mol. The van der Waals surface area contributed by atoms with Gasteiger partial charge in [-0.05, 0) is 36.3 Å². The van der Waals surface area contributed by atoms with Crippen LogP contribution in [0, 0.1) is 0 Å². The molecule has 0 radical (unpaired) electrons. The van der Waals surface area contributed by atoms with Crippen LogP contribution >= 0.6 is 11.6 Å². The summed E-state index contributed by atoms with van der Waals surface area (Å²) >= 11 is 6.16. The van der Waals surface area contributed by atoms with E-state index in [0.29, 0.717) is 31.2 Å². The zero-order chi connectivity index (χ0) is 26.3. The number of benzene rings is 2. The topological polar surface area (TPSA) is 76.2 Å². The highest BCUT2D eigenvalue weighted by Crippen LogP contribution is 2.45. The van der Waals surface area contributed by atoms with Gasteiger partial charge in [-0.15, -0.1) is 0 Å². The lowest BCUT2D eigenvalue weighted by Crippen LogP contribution is -2.54. The number of hydrogen-bond donors (Lipinski definition) is 1. The summed E-state index contributed by atoms with van der Waals surface area (Å²) in [4.78, 5) is 15.7. The molecule has 8 nitrogen and oxygen atoms in total. The van der Waals surface area contributed by atoms with Gasteiger partial charge < -0.3 is 10.2 Å². The van der Waals surface area contributed by atoms with Gasteiger partial charge in [0.2, 0.25) is 0 Å². The Kier molecular flexibility index (Phi) is 10.2. The smallest absolute Gasteiger partial charge is 0.332 e. The summed E-state index contributed by atoms with van der Waals surface area (Å²) in [6, 6.07) is 15.9. The lowest BCUT2D eigenvalue weighted by atomic mass is 9.89. The van der Waals surface area contributed by atoms with Crippen LogP contribution in [0.4, 0.5) is 4.79 Å². The van der Waals surface area contributed by atoms with Gasteiger partial charge in [-0.3, -0.25) is 0 Å². The molecule has 2 aromatic carbocycles. The van der Waals surface area contributed by atoms with Crippen molar-refractivity contribution in [2.75, 3.05) is 45.8 Å². The highest BCUT2D eigenvalue weighted by molar-refractivity contribution is 7.86. The van der Waals surface area contributed by atoms with Crippen LogP contribution in [-0.4, -0.2) is 78.9 Å². The number of amides is 2. The Morgan fingerprint density at radius 2 is 1.56 bits per heavy atom. The van der Waals surface area contributed by atoms with Gasteiger partial charge in [0.1, 0.15) is 0 Å². The lowest BCUT2D eigenvalue weighted by molar-refractivity contribution is 0.105. The number of urea groups is 1. The minimum atomic E-state index is -4.01. The number of hydrogen-bond acceptors (Lipinski definition) is 4. The SMILES string of the molecule is CCN(CC)CCNC(=O)N1CC(c2ccccc2)C(c2ccc(Cl)cc2)N1S(=O)(=O)N(CC)CC. The molecule has 0 spiro atoms. The third kappa shape index (κ3) is 6.20. The molecule has 0 saturated carbocycles. The minimum Gasteiger partial charge on any atom is -0.336 e. The number of nitrogens with zero attached hydrogens (tertiary/aromatic N) is 4. The van der Waals surface area contributed by atoms with Crippen LogP contribution in [0.1, 0.15) is 50.8 Å². The van der Waals surface area contributed by atoms with Crippen molar-refractivity contribution < 1.29 is 13.2 Å². The van der Waals surface area contributed by atoms with Crippen molar-refractivity contribution in [1.29, 1.82) is 0 Å². The Hall–Kier alpha value is -2.17. The maximum Gasteiger partial charge on any atom is 0.332 e. The summed E-state index contributed by atoms with van der Waals surface area (Å²) in [7, 11) is -4.01. The molecule has 2 atom stereocenters. The van der Waals surface area contributed by atoms with Gasteiger partial charge in [0.15, 0.2) is 0 Å². The van der Waals surface area contributed by atoms with Crippen LogP contribution in [0.15, 0.2) is 54.6 Å². The number of likely N-dealkylation sites (N-methyl/N-ethyl adjacent to an activating group) is 1. The van der Waals surface area contributed by atoms with Gasteiger partial charge in [-0.1, -0.05) is 86.2 Å². The third-order valence-electron chi connectivity index (χ3n) is 6.77. The summed E-state index contributed by atoms with van der Waals surface area (Å²) in [6.07, 6.45) is 0. The first-order valence-electron chi connectivity index (χ1n) is 12.7. The molecule has 36 heavy (non-hydrogen) atoms. The number of carbonyl (C=O) groups excluding carboxylic acids is 1. The van der Waals surface area contributed by atoms with Gasteiger partial charge in [0.25, 0.3) is 10.2 Å². The van der Waals surface area contributed by atoms with E-state index in [-0.39, 0.29) is 12.5 Å². The molecule has 1 N–H and O–H groups in total. The number of rotatable bonds is 11. The van der Waals surface area contributed by atoms with Crippen molar-refractivity contribution in [3.8, 4) is 0 Å². The molecule has 10 heteroatoms. The van der Waals surface area contributed by atoms with Crippen molar-refractivity contribution >= 4 is 27.8 Å². The fourth-order valence-corrected chi connectivity index (χ4v) is 6.70.